The molecule has 0 aliphatic carbocycles. The second kappa shape index (κ2) is 5.84. The van der Waals surface area contributed by atoms with E-state index in [9.17, 15) is 4.79 Å². The first kappa shape index (κ1) is 13.5. The van der Waals surface area contributed by atoms with Crippen LogP contribution < -0.4 is 4.74 Å². The minimum atomic E-state index is -0.948. The van der Waals surface area contributed by atoms with Gasteiger partial charge in [0.1, 0.15) is 12.4 Å². The second-order valence-electron chi connectivity index (χ2n) is 4.04. The second-order valence-corrected chi connectivity index (χ2v) is 4.89. The summed E-state index contributed by atoms with van der Waals surface area (Å²) in [6.07, 6.45) is 1.66. The van der Waals surface area contributed by atoms with E-state index >= 15 is 0 Å². The zero-order valence-corrected chi connectivity index (χ0v) is 11.8. The Labute approximate surface area is 119 Å². The largest absolute Gasteiger partial charge is 0.487 e. The third-order valence-corrected chi connectivity index (χ3v) is 3.32. The Morgan fingerprint density at radius 1 is 1.37 bits per heavy atom. The maximum Gasteiger partial charge on any atom is 0.335 e. The van der Waals surface area contributed by atoms with Gasteiger partial charge in [-0.2, -0.15) is 0 Å². The first-order valence-electron chi connectivity index (χ1n) is 5.63. The Balaban J connectivity index is 2.07. The van der Waals surface area contributed by atoms with E-state index in [2.05, 4.69) is 20.9 Å². The number of carboxylic acids is 1. The number of aromatic nitrogens is 1. The number of hydrogen-bond acceptors (Lipinski definition) is 3. The van der Waals surface area contributed by atoms with E-state index < -0.39 is 5.97 Å². The van der Waals surface area contributed by atoms with Crippen LogP contribution in [0.4, 0.5) is 0 Å². The molecule has 1 N–H and O–H groups in total. The summed E-state index contributed by atoms with van der Waals surface area (Å²) in [4.78, 5) is 15.0. The summed E-state index contributed by atoms with van der Waals surface area (Å²) in [5.74, 6) is -0.268. The molecule has 98 valence electrons. The Bertz CT molecular complexity index is 596. The van der Waals surface area contributed by atoms with Gasteiger partial charge in [-0.15, -0.1) is 0 Å². The lowest BCUT2D eigenvalue weighted by atomic mass is 10.1. The van der Waals surface area contributed by atoms with Crippen molar-refractivity contribution in [3.63, 3.8) is 0 Å². The van der Waals surface area contributed by atoms with Crippen molar-refractivity contribution in [2.45, 2.75) is 13.5 Å². The molecule has 19 heavy (non-hydrogen) atoms. The van der Waals surface area contributed by atoms with Gasteiger partial charge in [-0.3, -0.25) is 4.98 Å². The molecule has 0 unspecified atom stereocenters. The van der Waals surface area contributed by atoms with Crippen molar-refractivity contribution in [1.82, 2.24) is 4.98 Å². The van der Waals surface area contributed by atoms with Gasteiger partial charge in [-0.25, -0.2) is 4.79 Å². The Kier molecular flexibility index (Phi) is 4.16. The summed E-state index contributed by atoms with van der Waals surface area (Å²) in [6, 6.07) is 8.57. The highest BCUT2D eigenvalue weighted by Gasteiger charge is 2.07. The molecule has 0 saturated heterocycles. The summed E-state index contributed by atoms with van der Waals surface area (Å²) in [7, 11) is 0. The molecule has 0 saturated carbocycles. The number of pyridine rings is 1. The maximum absolute atomic E-state index is 10.8. The summed E-state index contributed by atoms with van der Waals surface area (Å²) >= 11 is 3.34. The van der Waals surface area contributed by atoms with Gasteiger partial charge in [-0.1, -0.05) is 22.0 Å². The molecular formula is C14H12BrNO3. The van der Waals surface area contributed by atoms with Crippen LogP contribution in [0, 0.1) is 6.92 Å². The van der Waals surface area contributed by atoms with E-state index in [-0.39, 0.29) is 5.56 Å². The molecule has 2 aromatic rings. The SMILES string of the molecule is Cc1ccc(OCc2ccc(C(=O)O)cc2Br)cn1. The molecule has 0 bridgehead atoms. The maximum atomic E-state index is 10.8. The van der Waals surface area contributed by atoms with Gasteiger partial charge in [-0.05, 0) is 31.2 Å². The molecule has 0 fully saturated rings. The molecule has 0 spiro atoms. The molecule has 0 atom stereocenters. The number of aryl methyl sites for hydroxylation is 1. The molecule has 0 amide bonds. The molecule has 1 heterocycles. The number of benzene rings is 1. The Hall–Kier alpha value is -1.88. The summed E-state index contributed by atoms with van der Waals surface area (Å²) in [6.45, 7) is 2.26. The fourth-order valence-electron chi connectivity index (χ4n) is 1.50. The van der Waals surface area contributed by atoms with E-state index in [0.29, 0.717) is 16.8 Å². The number of rotatable bonds is 4. The average Bonchev–Trinajstić information content (AvgIpc) is 2.39. The molecule has 5 heteroatoms. The van der Waals surface area contributed by atoms with Crippen LogP contribution in [0.2, 0.25) is 0 Å². The van der Waals surface area contributed by atoms with Crippen LogP contribution in [0.3, 0.4) is 0 Å². The fraction of sp³-hybridized carbons (Fsp3) is 0.143. The summed E-state index contributed by atoms with van der Waals surface area (Å²) in [5, 5.41) is 8.87. The monoisotopic (exact) mass is 321 g/mol. The third-order valence-electron chi connectivity index (χ3n) is 2.58. The highest BCUT2D eigenvalue weighted by molar-refractivity contribution is 9.10. The van der Waals surface area contributed by atoms with Gasteiger partial charge in [0.25, 0.3) is 0 Å². The van der Waals surface area contributed by atoms with Crippen LogP contribution in [0.5, 0.6) is 5.75 Å². The molecule has 4 nitrogen and oxygen atoms in total. The highest BCUT2D eigenvalue weighted by atomic mass is 79.9. The third kappa shape index (κ3) is 3.54. The van der Waals surface area contributed by atoms with Crippen molar-refractivity contribution in [1.29, 1.82) is 0 Å². The molecule has 2 rings (SSSR count). The summed E-state index contributed by atoms with van der Waals surface area (Å²) in [5.41, 5.74) is 2.05. The minimum Gasteiger partial charge on any atom is -0.487 e. The standard InChI is InChI=1S/C14H12BrNO3/c1-9-2-5-12(7-16-9)19-8-11-4-3-10(14(17)18)6-13(11)15/h2-7H,8H2,1H3,(H,17,18). The average molecular weight is 322 g/mol. The van der Waals surface area contributed by atoms with Gasteiger partial charge < -0.3 is 9.84 Å². The number of nitrogens with zero attached hydrogens (tertiary/aromatic N) is 1. The number of hydrogen-bond donors (Lipinski definition) is 1. The lowest BCUT2D eigenvalue weighted by Crippen LogP contribution is -2.00. The molecule has 0 radical (unpaired) electrons. The van der Waals surface area contributed by atoms with Crippen molar-refractivity contribution >= 4 is 21.9 Å². The lowest BCUT2D eigenvalue weighted by Gasteiger charge is -2.08. The van der Waals surface area contributed by atoms with Crippen LogP contribution in [0.25, 0.3) is 0 Å². The van der Waals surface area contributed by atoms with Crippen LogP contribution in [-0.2, 0) is 6.61 Å². The molecule has 1 aromatic heterocycles. The Morgan fingerprint density at radius 3 is 2.74 bits per heavy atom. The van der Waals surface area contributed by atoms with Crippen molar-refractivity contribution in [3.8, 4) is 5.75 Å². The normalized spacial score (nSPS) is 10.2. The predicted molar refractivity (Wildman–Crippen MR) is 74.4 cm³/mol. The first-order chi connectivity index (χ1) is 9.06. The van der Waals surface area contributed by atoms with Gasteiger partial charge in [0.15, 0.2) is 0 Å². The zero-order chi connectivity index (χ0) is 13.8. The number of carbonyl (C=O) groups is 1. The zero-order valence-electron chi connectivity index (χ0n) is 10.3. The number of carboxylic acid groups (broad SMARTS) is 1. The molecule has 0 aliphatic rings. The first-order valence-corrected chi connectivity index (χ1v) is 6.43. The Morgan fingerprint density at radius 2 is 2.16 bits per heavy atom. The van der Waals surface area contributed by atoms with E-state index in [1.165, 1.54) is 0 Å². The molecule has 1 aromatic carbocycles. The van der Waals surface area contributed by atoms with Crippen LogP contribution >= 0.6 is 15.9 Å². The topological polar surface area (TPSA) is 59.4 Å². The van der Waals surface area contributed by atoms with Crippen LogP contribution in [0.15, 0.2) is 41.0 Å². The fourth-order valence-corrected chi connectivity index (χ4v) is 1.99. The van der Waals surface area contributed by atoms with Gasteiger partial charge in [0.2, 0.25) is 0 Å². The van der Waals surface area contributed by atoms with E-state index in [1.807, 2.05) is 19.1 Å². The summed E-state index contributed by atoms with van der Waals surface area (Å²) < 4.78 is 6.30. The smallest absolute Gasteiger partial charge is 0.335 e. The lowest BCUT2D eigenvalue weighted by molar-refractivity contribution is 0.0696. The van der Waals surface area contributed by atoms with Crippen LogP contribution in [-0.4, -0.2) is 16.1 Å². The quantitative estimate of drug-likeness (QED) is 0.937. The van der Waals surface area contributed by atoms with Crippen molar-refractivity contribution in [2.24, 2.45) is 0 Å². The number of aromatic carboxylic acids is 1. The van der Waals surface area contributed by atoms with Crippen molar-refractivity contribution < 1.29 is 14.6 Å². The van der Waals surface area contributed by atoms with Crippen molar-refractivity contribution in [3.05, 3.63) is 57.8 Å². The predicted octanol–water partition coefficient (Wildman–Crippen LogP) is 3.43. The van der Waals surface area contributed by atoms with Gasteiger partial charge in [0, 0.05) is 15.7 Å². The highest BCUT2D eigenvalue weighted by Crippen LogP contribution is 2.21. The number of ether oxygens (including phenoxy) is 1. The number of halogens is 1. The molecular weight excluding hydrogens is 310 g/mol. The minimum absolute atomic E-state index is 0.243. The van der Waals surface area contributed by atoms with Gasteiger partial charge in [0.05, 0.1) is 11.8 Å². The molecule has 0 aliphatic heterocycles. The van der Waals surface area contributed by atoms with E-state index in [0.717, 1.165) is 11.3 Å². The van der Waals surface area contributed by atoms with Crippen LogP contribution in [0.1, 0.15) is 21.6 Å². The van der Waals surface area contributed by atoms with Crippen molar-refractivity contribution in [2.75, 3.05) is 0 Å². The van der Waals surface area contributed by atoms with Gasteiger partial charge >= 0.3 is 5.97 Å². The van der Waals surface area contributed by atoms with E-state index in [1.54, 1.807) is 24.4 Å². The van der Waals surface area contributed by atoms with E-state index in [4.69, 9.17) is 9.84 Å².